The molecular weight excluding hydrogens is 344 g/mol. The normalized spacial score (nSPS) is 10.9. The summed E-state index contributed by atoms with van der Waals surface area (Å²) in [5.41, 5.74) is 1.24. The van der Waals surface area contributed by atoms with E-state index in [1.165, 1.54) is 5.56 Å². The lowest BCUT2D eigenvalue weighted by Gasteiger charge is -2.31. The van der Waals surface area contributed by atoms with Gasteiger partial charge in [-0.3, -0.25) is 0 Å². The van der Waals surface area contributed by atoms with E-state index in [2.05, 4.69) is 68.6 Å². The maximum Gasteiger partial charge on any atom is 0.129 e. The van der Waals surface area contributed by atoms with Crippen molar-refractivity contribution in [3.8, 4) is 0 Å². The average Bonchev–Trinajstić information content (AvgIpc) is 2.33. The van der Waals surface area contributed by atoms with Gasteiger partial charge in [0.2, 0.25) is 0 Å². The predicted molar refractivity (Wildman–Crippen MR) is 82.2 cm³/mol. The van der Waals surface area contributed by atoms with E-state index in [-0.39, 0.29) is 0 Å². The molecule has 0 N–H and O–H groups in total. The third-order valence-electron chi connectivity index (χ3n) is 3.04. The van der Waals surface area contributed by atoms with Crippen LogP contribution in [0.2, 0.25) is 0 Å². The number of pyridine rings is 1. The molecule has 0 aliphatic heterocycles. The number of aromatic nitrogens is 1. The monoisotopic (exact) mass is 362 g/mol. The zero-order valence-electron chi connectivity index (χ0n) is 10.7. The minimum Gasteiger partial charge on any atom is -0.353 e. The van der Waals surface area contributed by atoms with Crippen LogP contribution in [-0.4, -0.2) is 22.9 Å². The fourth-order valence-corrected chi connectivity index (χ4v) is 2.59. The van der Waals surface area contributed by atoms with Crippen LogP contribution < -0.4 is 4.90 Å². The highest BCUT2D eigenvalue weighted by Gasteiger charge is 2.16. The van der Waals surface area contributed by atoms with E-state index in [9.17, 15) is 0 Å². The summed E-state index contributed by atoms with van der Waals surface area (Å²) in [5, 5.41) is 0.973. The second-order valence-corrected chi connectivity index (χ2v) is 5.79. The minimum absolute atomic E-state index is 0.570. The van der Waals surface area contributed by atoms with E-state index < -0.39 is 0 Å². The molecule has 0 bridgehead atoms. The third-order valence-corrected chi connectivity index (χ3v) is 4.22. The standard InChI is InChI=1S/C13H20Br2N2/c1-4-11(5-2)17(7-6-14)13-8-10(3)12(15)9-16-13/h8-9,11H,4-7H2,1-3H3. The molecule has 0 saturated heterocycles. The number of aryl methyl sites for hydroxylation is 1. The molecule has 96 valence electrons. The molecule has 4 heteroatoms. The van der Waals surface area contributed by atoms with Crippen LogP contribution in [0.3, 0.4) is 0 Å². The van der Waals surface area contributed by atoms with Crippen molar-refractivity contribution >= 4 is 37.7 Å². The highest BCUT2D eigenvalue weighted by Crippen LogP contribution is 2.23. The van der Waals surface area contributed by atoms with E-state index in [0.29, 0.717) is 6.04 Å². The number of halogens is 2. The Morgan fingerprint density at radius 1 is 1.35 bits per heavy atom. The van der Waals surface area contributed by atoms with E-state index in [1.54, 1.807) is 0 Å². The van der Waals surface area contributed by atoms with Gasteiger partial charge >= 0.3 is 0 Å². The second kappa shape index (κ2) is 7.37. The summed E-state index contributed by atoms with van der Waals surface area (Å²) >= 11 is 7.03. The molecule has 0 unspecified atom stereocenters. The highest BCUT2D eigenvalue weighted by atomic mass is 79.9. The Labute approximate surface area is 121 Å². The number of rotatable bonds is 6. The van der Waals surface area contributed by atoms with Crippen LogP contribution in [0, 0.1) is 6.92 Å². The summed E-state index contributed by atoms with van der Waals surface area (Å²) in [6.07, 6.45) is 4.20. The van der Waals surface area contributed by atoms with Crippen molar-refractivity contribution in [1.82, 2.24) is 4.98 Å². The van der Waals surface area contributed by atoms with Crippen molar-refractivity contribution in [2.45, 2.75) is 39.7 Å². The van der Waals surface area contributed by atoms with Gasteiger partial charge in [-0.15, -0.1) is 0 Å². The van der Waals surface area contributed by atoms with Crippen LogP contribution in [0.4, 0.5) is 5.82 Å². The van der Waals surface area contributed by atoms with Crippen molar-refractivity contribution < 1.29 is 0 Å². The van der Waals surface area contributed by atoms with E-state index in [0.717, 1.165) is 35.0 Å². The van der Waals surface area contributed by atoms with Gasteiger partial charge in [-0.1, -0.05) is 29.8 Å². The SMILES string of the molecule is CCC(CC)N(CCBr)c1cc(C)c(Br)cn1. The van der Waals surface area contributed by atoms with Gasteiger partial charge in [-0.25, -0.2) is 4.98 Å². The van der Waals surface area contributed by atoms with Crippen molar-refractivity contribution in [3.63, 3.8) is 0 Å². The van der Waals surface area contributed by atoms with Crippen molar-refractivity contribution in [3.05, 3.63) is 22.3 Å². The van der Waals surface area contributed by atoms with Gasteiger partial charge in [-0.2, -0.15) is 0 Å². The van der Waals surface area contributed by atoms with Crippen molar-refractivity contribution in [1.29, 1.82) is 0 Å². The first kappa shape index (κ1) is 15.0. The topological polar surface area (TPSA) is 16.1 Å². The molecule has 0 aliphatic carbocycles. The van der Waals surface area contributed by atoms with E-state index in [4.69, 9.17) is 0 Å². The number of hydrogen-bond donors (Lipinski definition) is 0. The van der Waals surface area contributed by atoms with Gasteiger partial charge in [0.05, 0.1) is 0 Å². The first-order valence-electron chi connectivity index (χ1n) is 6.08. The molecule has 1 rings (SSSR count). The molecule has 1 heterocycles. The molecule has 0 atom stereocenters. The number of anilines is 1. The first-order chi connectivity index (χ1) is 8.13. The zero-order valence-corrected chi connectivity index (χ0v) is 13.9. The zero-order chi connectivity index (χ0) is 12.8. The lowest BCUT2D eigenvalue weighted by atomic mass is 10.1. The quantitative estimate of drug-likeness (QED) is 0.689. The largest absolute Gasteiger partial charge is 0.353 e. The molecule has 0 fully saturated rings. The molecule has 17 heavy (non-hydrogen) atoms. The summed E-state index contributed by atoms with van der Waals surface area (Å²) in [4.78, 5) is 6.93. The smallest absolute Gasteiger partial charge is 0.129 e. The molecule has 2 nitrogen and oxygen atoms in total. The van der Waals surface area contributed by atoms with Gasteiger partial charge < -0.3 is 4.90 Å². The van der Waals surface area contributed by atoms with Crippen LogP contribution in [0.5, 0.6) is 0 Å². The number of hydrogen-bond acceptors (Lipinski definition) is 2. The van der Waals surface area contributed by atoms with Gasteiger partial charge in [0.1, 0.15) is 5.82 Å². The van der Waals surface area contributed by atoms with Crippen molar-refractivity contribution in [2.24, 2.45) is 0 Å². The van der Waals surface area contributed by atoms with Crippen LogP contribution in [0.1, 0.15) is 32.3 Å². The first-order valence-corrected chi connectivity index (χ1v) is 8.00. The van der Waals surface area contributed by atoms with Crippen molar-refractivity contribution in [2.75, 3.05) is 16.8 Å². The Bertz CT molecular complexity index is 351. The van der Waals surface area contributed by atoms with E-state index >= 15 is 0 Å². The highest BCUT2D eigenvalue weighted by molar-refractivity contribution is 9.10. The van der Waals surface area contributed by atoms with E-state index in [1.807, 2.05) is 6.20 Å². The summed E-state index contributed by atoms with van der Waals surface area (Å²) in [6, 6.07) is 2.73. The Morgan fingerprint density at radius 2 is 2.00 bits per heavy atom. The van der Waals surface area contributed by atoms with Gasteiger partial charge in [-0.05, 0) is 47.3 Å². The molecule has 0 aromatic carbocycles. The maximum atomic E-state index is 4.53. The third kappa shape index (κ3) is 3.95. The van der Waals surface area contributed by atoms with Crippen LogP contribution >= 0.6 is 31.9 Å². The van der Waals surface area contributed by atoms with Gasteiger partial charge in [0, 0.05) is 28.6 Å². The molecule has 0 aliphatic rings. The summed E-state index contributed by atoms with van der Waals surface area (Å²) in [7, 11) is 0. The molecule has 1 aromatic rings. The molecule has 0 spiro atoms. The Morgan fingerprint density at radius 3 is 2.47 bits per heavy atom. The van der Waals surface area contributed by atoms with Gasteiger partial charge in [0.15, 0.2) is 0 Å². The summed E-state index contributed by atoms with van der Waals surface area (Å²) in [5.74, 6) is 1.08. The van der Waals surface area contributed by atoms with Gasteiger partial charge in [0.25, 0.3) is 0 Å². The maximum absolute atomic E-state index is 4.53. The number of alkyl halides is 1. The Kier molecular flexibility index (Phi) is 6.49. The minimum atomic E-state index is 0.570. The molecule has 0 radical (unpaired) electrons. The molecular formula is C13H20Br2N2. The Hall–Kier alpha value is -0.0900. The average molecular weight is 364 g/mol. The number of nitrogens with zero attached hydrogens (tertiary/aromatic N) is 2. The summed E-state index contributed by atoms with van der Waals surface area (Å²) < 4.78 is 1.07. The predicted octanol–water partition coefficient (Wildman–Crippen LogP) is 4.54. The van der Waals surface area contributed by atoms with Crippen LogP contribution in [-0.2, 0) is 0 Å². The Balaban J connectivity index is 2.99. The molecule has 1 aromatic heterocycles. The molecule has 0 amide bonds. The lowest BCUT2D eigenvalue weighted by Crippen LogP contribution is -2.36. The fraction of sp³-hybridized carbons (Fsp3) is 0.615. The van der Waals surface area contributed by atoms with Crippen LogP contribution in [0.15, 0.2) is 16.7 Å². The lowest BCUT2D eigenvalue weighted by molar-refractivity contribution is 0.563. The summed E-state index contributed by atoms with van der Waals surface area (Å²) in [6.45, 7) is 7.58. The van der Waals surface area contributed by atoms with Crippen LogP contribution in [0.25, 0.3) is 0 Å². The fourth-order valence-electron chi connectivity index (χ4n) is 1.99. The second-order valence-electron chi connectivity index (χ2n) is 4.14. The molecule has 0 saturated carbocycles.